The fraction of sp³-hybridized carbons (Fsp3) is 0.969. The quantitative estimate of drug-likeness (QED) is 0.0867. The molecule has 5 rings (SSSR count). The minimum atomic E-state index is -2.01. The predicted octanol–water partition coefficient (Wildman–Crippen LogP) is -9.73. The minimum Gasteiger partial charge on any atom is -0.394 e. The lowest BCUT2D eigenvalue weighted by atomic mass is 9.93. The molecule has 5 saturated heterocycles. The molecule has 25 nitrogen and oxygen atoms in total. The largest absolute Gasteiger partial charge is 0.394 e. The lowest BCUT2D eigenvalue weighted by Gasteiger charge is -2.52. The maximum absolute atomic E-state index is 12.7. The van der Waals surface area contributed by atoms with Gasteiger partial charge < -0.3 is 119 Å². The Labute approximate surface area is 324 Å². The molecule has 0 aromatic carbocycles. The Hall–Kier alpha value is -1.45. The number of nitrogens with one attached hydrogen (secondary N) is 1. The van der Waals surface area contributed by atoms with Crippen LogP contribution in [-0.4, -0.2) is 251 Å². The molecule has 0 aromatic heterocycles. The number of aliphatic hydroxyl groups excluding tert-OH is 14. The zero-order valence-corrected chi connectivity index (χ0v) is 30.9. The topological polar surface area (TPSA) is 395 Å². The van der Waals surface area contributed by atoms with Crippen LogP contribution in [0.3, 0.4) is 0 Å². The van der Waals surface area contributed by atoms with Crippen LogP contribution in [0.1, 0.15) is 20.8 Å². The van der Waals surface area contributed by atoms with Crippen LogP contribution in [0.25, 0.3) is 0 Å². The van der Waals surface area contributed by atoms with Crippen molar-refractivity contribution < 1.29 is 119 Å². The summed E-state index contributed by atoms with van der Waals surface area (Å²) in [7, 11) is 0. The molecule has 0 aliphatic carbocycles. The second-order valence-electron chi connectivity index (χ2n) is 14.7. The first kappa shape index (κ1) is 46.6. The van der Waals surface area contributed by atoms with Crippen LogP contribution in [0, 0.1) is 0 Å². The molecule has 0 aromatic rings. The van der Waals surface area contributed by atoms with Gasteiger partial charge in [-0.05, 0) is 13.8 Å². The van der Waals surface area contributed by atoms with E-state index < -0.39 is 179 Å². The van der Waals surface area contributed by atoms with E-state index in [9.17, 15) is 76.3 Å². The third-order valence-corrected chi connectivity index (χ3v) is 10.6. The second-order valence-corrected chi connectivity index (χ2v) is 14.7. The van der Waals surface area contributed by atoms with E-state index in [2.05, 4.69) is 5.32 Å². The van der Waals surface area contributed by atoms with Crippen molar-refractivity contribution in [3.63, 3.8) is 0 Å². The number of aliphatic hydroxyl groups is 14. The molecule has 1 amide bonds. The van der Waals surface area contributed by atoms with E-state index in [1.54, 1.807) is 0 Å². The van der Waals surface area contributed by atoms with Crippen LogP contribution >= 0.6 is 0 Å². The molecule has 5 aliphatic heterocycles. The van der Waals surface area contributed by atoms with Gasteiger partial charge in [0, 0.05) is 6.92 Å². The van der Waals surface area contributed by atoms with Crippen molar-refractivity contribution >= 4 is 5.91 Å². The lowest BCUT2D eigenvalue weighted by Crippen LogP contribution is -2.71. The van der Waals surface area contributed by atoms with Gasteiger partial charge in [0.1, 0.15) is 110 Å². The molecule has 25 heteroatoms. The van der Waals surface area contributed by atoms with Crippen molar-refractivity contribution in [2.24, 2.45) is 0 Å². The van der Waals surface area contributed by atoms with Crippen molar-refractivity contribution in [2.45, 2.75) is 174 Å². The maximum Gasteiger partial charge on any atom is 0.217 e. The third kappa shape index (κ3) is 9.71. The van der Waals surface area contributed by atoms with E-state index in [4.69, 9.17) is 42.6 Å². The average molecular weight is 838 g/mol. The predicted molar refractivity (Wildman–Crippen MR) is 175 cm³/mol. The van der Waals surface area contributed by atoms with Gasteiger partial charge in [0.15, 0.2) is 31.5 Å². The summed E-state index contributed by atoms with van der Waals surface area (Å²) in [5, 5.41) is 149. The normalized spacial score (nSPS) is 52.3. The van der Waals surface area contributed by atoms with Crippen molar-refractivity contribution in [2.75, 3.05) is 19.8 Å². The molecule has 0 bridgehead atoms. The number of ether oxygens (including phenoxy) is 9. The van der Waals surface area contributed by atoms with Crippen LogP contribution in [0.2, 0.25) is 0 Å². The van der Waals surface area contributed by atoms with E-state index in [0.717, 1.165) is 6.92 Å². The minimum absolute atomic E-state index is 0.803. The zero-order chi connectivity index (χ0) is 42.2. The summed E-state index contributed by atoms with van der Waals surface area (Å²) >= 11 is 0. The van der Waals surface area contributed by atoms with Gasteiger partial charge in [-0.2, -0.15) is 0 Å². The summed E-state index contributed by atoms with van der Waals surface area (Å²) in [6, 6.07) is -1.69. The number of carbonyl (C=O) groups is 1. The Bertz CT molecular complexity index is 1290. The maximum atomic E-state index is 12.7. The Morgan fingerprint density at radius 2 is 0.895 bits per heavy atom. The molecule has 0 spiro atoms. The van der Waals surface area contributed by atoms with Gasteiger partial charge in [0.05, 0.1) is 32.0 Å². The third-order valence-electron chi connectivity index (χ3n) is 10.6. The highest BCUT2D eigenvalue weighted by Gasteiger charge is 2.57. The van der Waals surface area contributed by atoms with E-state index in [0.29, 0.717) is 0 Å². The fourth-order valence-corrected chi connectivity index (χ4v) is 7.30. The van der Waals surface area contributed by atoms with E-state index >= 15 is 0 Å². The van der Waals surface area contributed by atoms with Gasteiger partial charge in [0.25, 0.3) is 0 Å². The first-order valence-corrected chi connectivity index (χ1v) is 18.3. The number of hydrogen-bond acceptors (Lipinski definition) is 24. The Morgan fingerprint density at radius 3 is 1.40 bits per heavy atom. The van der Waals surface area contributed by atoms with Crippen molar-refractivity contribution in [1.29, 1.82) is 0 Å². The summed E-state index contributed by atoms with van der Waals surface area (Å²) in [4.78, 5) is 12.7. The number of rotatable bonds is 12. The number of carbonyl (C=O) groups excluding carboxylic acids is 1. The molecule has 0 saturated carbocycles. The highest BCUT2D eigenvalue weighted by molar-refractivity contribution is 5.73. The molecule has 25 atom stereocenters. The van der Waals surface area contributed by atoms with Crippen LogP contribution < -0.4 is 5.32 Å². The summed E-state index contributed by atoms with van der Waals surface area (Å²) in [6.45, 7) is 0.918. The lowest BCUT2D eigenvalue weighted by molar-refractivity contribution is -0.398. The van der Waals surface area contributed by atoms with Gasteiger partial charge in [0.2, 0.25) is 5.91 Å². The smallest absolute Gasteiger partial charge is 0.217 e. The van der Waals surface area contributed by atoms with Gasteiger partial charge >= 0.3 is 0 Å². The summed E-state index contributed by atoms with van der Waals surface area (Å²) < 4.78 is 52.2. The van der Waals surface area contributed by atoms with Gasteiger partial charge in [-0.15, -0.1) is 0 Å². The zero-order valence-electron chi connectivity index (χ0n) is 30.9. The summed E-state index contributed by atoms with van der Waals surface area (Å²) in [5.74, 6) is -0.803. The molecule has 0 radical (unpaired) electrons. The van der Waals surface area contributed by atoms with Crippen LogP contribution in [0.4, 0.5) is 0 Å². The molecule has 0 unspecified atom stereocenters. The Morgan fingerprint density at radius 1 is 0.456 bits per heavy atom. The van der Waals surface area contributed by atoms with Crippen molar-refractivity contribution in [1.82, 2.24) is 5.32 Å². The summed E-state index contributed by atoms with van der Waals surface area (Å²) in [6.07, 6.45) is -42.3. The molecule has 332 valence electrons. The molecule has 15 N–H and O–H groups in total. The van der Waals surface area contributed by atoms with E-state index in [1.165, 1.54) is 13.8 Å². The van der Waals surface area contributed by atoms with Gasteiger partial charge in [-0.3, -0.25) is 4.79 Å². The van der Waals surface area contributed by atoms with Crippen LogP contribution in [-0.2, 0) is 47.4 Å². The summed E-state index contributed by atoms with van der Waals surface area (Å²) in [5.41, 5.74) is 0. The number of hydrogen-bond donors (Lipinski definition) is 15. The highest BCUT2D eigenvalue weighted by Crippen LogP contribution is 2.37. The second kappa shape index (κ2) is 19.5. The van der Waals surface area contributed by atoms with Crippen molar-refractivity contribution in [3.05, 3.63) is 0 Å². The van der Waals surface area contributed by atoms with Crippen molar-refractivity contribution in [3.8, 4) is 0 Å². The fourth-order valence-electron chi connectivity index (χ4n) is 7.30. The van der Waals surface area contributed by atoms with Crippen LogP contribution in [0.15, 0.2) is 0 Å². The Kier molecular flexibility index (Phi) is 16.0. The molecule has 57 heavy (non-hydrogen) atoms. The number of amides is 1. The molecule has 5 aliphatic rings. The first-order valence-electron chi connectivity index (χ1n) is 18.3. The van der Waals surface area contributed by atoms with Gasteiger partial charge in [-0.25, -0.2) is 0 Å². The molecular formula is C32H55NO24. The standard InChI is InChI=1S/C32H55NO24/c1-7-14(38)17(41)22(46)30(49-7)56-26-13(33-9(3)37)29(54-24-11(5-35)51-28(48)21(45)20(24)44)53-12(6-36)25(26)55-32-27(19(43)16(40)10(4-34)52-32)57-31-23(47)18(42)15(39)8(2)50-31/h7-8,10-32,34-36,38-48H,4-6H2,1-3H3,(H,33,37)/t7-,8-,10+,11+,12+,13+,14+,15+,16-,17+,18+,19-,20+,21+,22-,23-,24+,25+,26+,27+,28+,29-,30-,31-,32-/m0/s1. The Balaban J connectivity index is 1.54. The first-order chi connectivity index (χ1) is 26.8. The van der Waals surface area contributed by atoms with E-state index in [-0.39, 0.29) is 0 Å². The molecule has 5 heterocycles. The molecular weight excluding hydrogens is 782 g/mol. The highest BCUT2D eigenvalue weighted by atomic mass is 16.8. The average Bonchev–Trinajstić information content (AvgIpc) is 3.18. The molecule has 5 fully saturated rings. The SMILES string of the molecule is CC(=O)N[C@H]1[C@H](O[C@H]2[C@H](O)[C@@H](O)[C@H](O)O[C@@H]2CO)O[C@H](CO)[C@@H](O[C@@H]2O[C@H](CO)[C@H](O)[C@H](O)[C@H]2O[C@@H]2O[C@@H](C)[C@@H](O)[C@@H](O)[C@@H]2O)[C@@H]1O[C@@H]1O[C@@H](C)[C@@H](O)[C@@H](O)[C@@H]1O. The van der Waals surface area contributed by atoms with E-state index in [1.807, 2.05) is 0 Å². The van der Waals surface area contributed by atoms with Crippen LogP contribution in [0.5, 0.6) is 0 Å². The monoisotopic (exact) mass is 837 g/mol. The van der Waals surface area contributed by atoms with Gasteiger partial charge in [-0.1, -0.05) is 0 Å².